The molecule has 0 atom stereocenters. The third-order valence-corrected chi connectivity index (χ3v) is 0.0962. The van der Waals surface area contributed by atoms with E-state index >= 15 is 0 Å². The highest BCUT2D eigenvalue weighted by molar-refractivity contribution is 5.36. The summed E-state index contributed by atoms with van der Waals surface area (Å²) in [4.78, 5) is 8.95. The molecule has 0 saturated carbocycles. The van der Waals surface area contributed by atoms with E-state index in [2.05, 4.69) is 4.74 Å². The summed E-state index contributed by atoms with van der Waals surface area (Å²) < 4.78 is 3.86. The van der Waals surface area contributed by atoms with Gasteiger partial charge in [-0.05, 0) is 13.8 Å². The van der Waals surface area contributed by atoms with Crippen molar-refractivity contribution in [2.75, 3.05) is 14.2 Å². The number of rotatable bonds is 1. The smallest absolute Gasteiger partial charge is 0.292 e. The monoisotopic (exact) mass is 230 g/mol. The molecule has 0 aromatic heterocycles. The molecule has 0 aromatic carbocycles. The van der Waals surface area contributed by atoms with E-state index in [0.717, 1.165) is 7.11 Å². The van der Waals surface area contributed by atoms with Crippen LogP contribution < -0.4 is 0 Å². The number of aliphatic hydroxyl groups is 2. The standard InChI is InChI=1S/C3H8O.C2H4O2.CH4O.3CH4.2CH3/c1-3(2)4;1-4-2-3;1-2;;;;;/h3-4H,1-2H3;2H,1H3;2H,1H3;3*1H4;2*1H3/q;;;;;;2*-1. The molecule has 0 aliphatic heterocycles. The van der Waals surface area contributed by atoms with E-state index in [9.17, 15) is 0 Å². The number of ether oxygens (including phenoxy) is 1. The first-order chi connectivity index (χ1) is 4.65. The average molecular weight is 230 g/mol. The van der Waals surface area contributed by atoms with Gasteiger partial charge in [0.05, 0.1) is 7.11 Å². The fraction of sp³-hybridized carbons (Fsp3) is 0.727. The Morgan fingerprint density at radius 2 is 1.13 bits per heavy atom. The van der Waals surface area contributed by atoms with Crippen molar-refractivity contribution >= 4 is 6.47 Å². The Hall–Kier alpha value is -0.610. The summed E-state index contributed by atoms with van der Waals surface area (Å²) >= 11 is 0. The Labute approximate surface area is 98.3 Å². The van der Waals surface area contributed by atoms with E-state index in [4.69, 9.17) is 15.0 Å². The summed E-state index contributed by atoms with van der Waals surface area (Å²) in [5, 5.41) is 15.1. The summed E-state index contributed by atoms with van der Waals surface area (Å²) in [7, 11) is 2.31. The van der Waals surface area contributed by atoms with Gasteiger partial charge in [-0.2, -0.15) is 0 Å². The minimum absolute atomic E-state index is 0. The molecule has 0 radical (unpaired) electrons. The van der Waals surface area contributed by atoms with Crippen molar-refractivity contribution in [1.82, 2.24) is 0 Å². The second-order valence-corrected chi connectivity index (χ2v) is 1.43. The van der Waals surface area contributed by atoms with Crippen LogP contribution in [0.4, 0.5) is 0 Å². The van der Waals surface area contributed by atoms with Gasteiger partial charge >= 0.3 is 0 Å². The van der Waals surface area contributed by atoms with E-state index in [1.807, 2.05) is 0 Å². The molecule has 0 heterocycles. The summed E-state index contributed by atoms with van der Waals surface area (Å²) in [6.45, 7) is 3.82. The van der Waals surface area contributed by atoms with Crippen LogP contribution in [0.2, 0.25) is 0 Å². The predicted octanol–water partition coefficient (Wildman–Crippen LogP) is 2.59. The molecule has 0 aliphatic rings. The third kappa shape index (κ3) is 11400. The summed E-state index contributed by atoms with van der Waals surface area (Å²) in [6, 6.07) is 0. The van der Waals surface area contributed by atoms with Gasteiger partial charge in [0.2, 0.25) is 0 Å². The van der Waals surface area contributed by atoms with E-state index in [-0.39, 0.29) is 43.2 Å². The first kappa shape index (κ1) is 63.2. The molecule has 4 heteroatoms. The molecule has 0 fully saturated rings. The van der Waals surface area contributed by atoms with Crippen molar-refractivity contribution in [3.63, 3.8) is 0 Å². The highest BCUT2D eigenvalue weighted by Crippen LogP contribution is 1.65. The lowest BCUT2D eigenvalue weighted by Crippen LogP contribution is -1.85. The summed E-state index contributed by atoms with van der Waals surface area (Å²) in [5.74, 6) is 0. The van der Waals surface area contributed by atoms with Crippen LogP contribution in [0.3, 0.4) is 0 Å². The van der Waals surface area contributed by atoms with Crippen LogP contribution in [0, 0.1) is 14.9 Å². The molecule has 0 rings (SSSR count). The topological polar surface area (TPSA) is 66.8 Å². The molecule has 0 aromatic rings. The SMILES string of the molecule is C.C.C.CC(C)O.CO.COC=O.[CH3-].[CH3-]. The first-order valence-electron chi connectivity index (χ1n) is 2.74. The Kier molecular flexibility index (Phi) is 449. The van der Waals surface area contributed by atoms with Crippen LogP contribution >= 0.6 is 0 Å². The van der Waals surface area contributed by atoms with Gasteiger partial charge in [-0.1, -0.05) is 22.3 Å². The summed E-state index contributed by atoms with van der Waals surface area (Å²) in [6.07, 6.45) is -0.167. The quantitative estimate of drug-likeness (QED) is 0.537. The molecule has 2 N–H and O–H groups in total. The third-order valence-electron chi connectivity index (χ3n) is 0.0962. The second-order valence-electron chi connectivity index (χ2n) is 1.43. The number of carbonyl (C=O) groups is 1. The largest absolute Gasteiger partial charge is 0.471 e. The number of carbonyl (C=O) groups excluding carboxylic acids is 1. The fourth-order valence-electron chi connectivity index (χ4n) is 0. The Morgan fingerprint density at radius 1 is 1.07 bits per heavy atom. The molecule has 0 bridgehead atoms. The molecule has 0 spiro atoms. The van der Waals surface area contributed by atoms with Gasteiger partial charge in [-0.25, -0.2) is 0 Å². The number of hydrogen-bond acceptors (Lipinski definition) is 4. The average Bonchev–Trinajstić information content (AvgIpc) is 1.91. The Morgan fingerprint density at radius 3 is 1.13 bits per heavy atom. The first-order valence-corrected chi connectivity index (χ1v) is 2.74. The van der Waals surface area contributed by atoms with Crippen molar-refractivity contribution < 1.29 is 19.7 Å². The van der Waals surface area contributed by atoms with Gasteiger partial charge in [-0.3, -0.25) is 4.79 Å². The lowest BCUT2D eigenvalue weighted by Gasteiger charge is -1.80. The molecule has 0 amide bonds. The molecule has 0 unspecified atom stereocenters. The van der Waals surface area contributed by atoms with Crippen molar-refractivity contribution in [1.29, 1.82) is 0 Å². The highest BCUT2D eigenvalue weighted by Gasteiger charge is 1.69. The maximum absolute atomic E-state index is 8.95. The molecular formula is C11H34O4-2. The van der Waals surface area contributed by atoms with Crippen LogP contribution in [-0.2, 0) is 9.53 Å². The highest BCUT2D eigenvalue weighted by atomic mass is 16.5. The number of methoxy groups -OCH3 is 1. The van der Waals surface area contributed by atoms with Crippen molar-refractivity contribution in [3.05, 3.63) is 14.9 Å². The van der Waals surface area contributed by atoms with E-state index < -0.39 is 0 Å². The van der Waals surface area contributed by atoms with E-state index in [1.54, 1.807) is 13.8 Å². The Balaban J connectivity index is -0.00000000726. The van der Waals surface area contributed by atoms with Crippen LogP contribution in [0.25, 0.3) is 0 Å². The minimum atomic E-state index is -0.167. The number of hydrogen-bond donors (Lipinski definition) is 2. The lowest BCUT2D eigenvalue weighted by atomic mass is 10.5. The maximum Gasteiger partial charge on any atom is 0.292 e. The molecule has 0 saturated heterocycles. The predicted molar refractivity (Wildman–Crippen MR) is 71.6 cm³/mol. The van der Waals surface area contributed by atoms with Gasteiger partial charge in [0, 0.05) is 13.2 Å². The van der Waals surface area contributed by atoms with Gasteiger partial charge in [0.1, 0.15) is 0 Å². The molecule has 104 valence electrons. The van der Waals surface area contributed by atoms with Crippen LogP contribution in [0.1, 0.15) is 36.1 Å². The van der Waals surface area contributed by atoms with Crippen LogP contribution in [-0.4, -0.2) is 37.0 Å². The van der Waals surface area contributed by atoms with E-state index in [1.165, 1.54) is 7.11 Å². The second kappa shape index (κ2) is 107. The van der Waals surface area contributed by atoms with Gasteiger partial charge in [0.15, 0.2) is 0 Å². The molecular weight excluding hydrogens is 196 g/mol. The van der Waals surface area contributed by atoms with Crippen molar-refractivity contribution in [2.45, 2.75) is 42.2 Å². The number of aliphatic hydroxyl groups excluding tert-OH is 2. The van der Waals surface area contributed by atoms with Gasteiger partial charge in [0.25, 0.3) is 6.47 Å². The fourth-order valence-corrected chi connectivity index (χ4v) is 0. The minimum Gasteiger partial charge on any atom is -0.471 e. The van der Waals surface area contributed by atoms with Crippen LogP contribution in [0.5, 0.6) is 0 Å². The van der Waals surface area contributed by atoms with E-state index in [0.29, 0.717) is 6.47 Å². The molecule has 15 heavy (non-hydrogen) atoms. The molecule has 0 aliphatic carbocycles. The lowest BCUT2D eigenvalue weighted by molar-refractivity contribution is -0.126. The van der Waals surface area contributed by atoms with Crippen molar-refractivity contribution in [2.24, 2.45) is 0 Å². The normalized spacial score (nSPS) is 4.20. The van der Waals surface area contributed by atoms with Crippen molar-refractivity contribution in [3.8, 4) is 0 Å². The zero-order chi connectivity index (χ0) is 8.99. The molecule has 4 nitrogen and oxygen atoms in total. The van der Waals surface area contributed by atoms with Crippen LogP contribution in [0.15, 0.2) is 0 Å². The van der Waals surface area contributed by atoms with Gasteiger partial charge < -0.3 is 29.8 Å². The zero-order valence-corrected chi connectivity index (χ0v) is 8.87. The zero-order valence-electron chi connectivity index (χ0n) is 8.87. The summed E-state index contributed by atoms with van der Waals surface area (Å²) in [5.41, 5.74) is 0. The Bertz CT molecular complexity index is 45.1. The maximum atomic E-state index is 8.95. The van der Waals surface area contributed by atoms with Gasteiger partial charge in [-0.15, -0.1) is 0 Å².